The van der Waals surface area contributed by atoms with Gasteiger partial charge in [0.15, 0.2) is 0 Å². The molecule has 0 heterocycles. The maximum Gasteiger partial charge on any atom is -0.00297 e. The quantitative estimate of drug-likeness (QED) is 0.278. The molecule has 1 aliphatic carbocycles. The van der Waals surface area contributed by atoms with Crippen molar-refractivity contribution in [3.05, 3.63) is 90.5 Å². The summed E-state index contributed by atoms with van der Waals surface area (Å²) in [5.41, 5.74) is 2.78. The van der Waals surface area contributed by atoms with Crippen molar-refractivity contribution in [3.63, 3.8) is 0 Å². The molecule has 1 aliphatic rings. The van der Waals surface area contributed by atoms with Crippen molar-refractivity contribution in [1.82, 2.24) is 0 Å². The van der Waals surface area contributed by atoms with Crippen LogP contribution in [0.25, 0.3) is 37.9 Å². The summed E-state index contributed by atoms with van der Waals surface area (Å²) < 4.78 is 0. The van der Waals surface area contributed by atoms with Crippen molar-refractivity contribution >= 4 is 37.9 Å². The molecule has 4 aromatic carbocycles. The van der Waals surface area contributed by atoms with Crippen LogP contribution in [0.2, 0.25) is 0 Å². The van der Waals surface area contributed by atoms with Gasteiger partial charge in [-0.25, -0.2) is 0 Å². The number of hydrogen-bond acceptors (Lipinski definition) is 0. The second-order valence-electron chi connectivity index (χ2n) is 6.21. The van der Waals surface area contributed by atoms with Gasteiger partial charge >= 0.3 is 0 Å². The van der Waals surface area contributed by atoms with Crippen molar-refractivity contribution in [2.45, 2.75) is 6.42 Å². The van der Waals surface area contributed by atoms with E-state index < -0.39 is 0 Å². The average Bonchev–Trinajstić information content (AvgIpc) is 3.14. The van der Waals surface area contributed by atoms with Gasteiger partial charge in [0, 0.05) is 0 Å². The fourth-order valence-electron chi connectivity index (χ4n) is 3.72. The smallest absolute Gasteiger partial charge is 0.00297 e. The molecule has 5 rings (SSSR count). The van der Waals surface area contributed by atoms with Gasteiger partial charge in [-0.05, 0) is 62.0 Å². The molecule has 108 valence electrons. The van der Waals surface area contributed by atoms with E-state index in [9.17, 15) is 0 Å². The van der Waals surface area contributed by atoms with E-state index in [1.807, 2.05) is 0 Å². The third-order valence-electron chi connectivity index (χ3n) is 4.84. The second-order valence-corrected chi connectivity index (χ2v) is 6.21. The predicted octanol–water partition coefficient (Wildman–Crippen LogP) is 6.49. The van der Waals surface area contributed by atoms with Crippen LogP contribution in [-0.4, -0.2) is 0 Å². The lowest BCUT2D eigenvalue weighted by molar-refractivity contribution is 1.45. The van der Waals surface area contributed by atoms with Gasteiger partial charge in [-0.2, -0.15) is 0 Å². The van der Waals surface area contributed by atoms with Gasteiger partial charge in [0.1, 0.15) is 0 Å². The normalized spacial score (nSPS) is 14.0. The first kappa shape index (κ1) is 12.7. The Morgan fingerprint density at radius 3 is 2.26 bits per heavy atom. The number of allylic oxidation sites excluding steroid dienone is 4. The Labute approximate surface area is 135 Å². The summed E-state index contributed by atoms with van der Waals surface area (Å²) in [4.78, 5) is 0. The monoisotopic (exact) mass is 292 g/mol. The Balaban J connectivity index is 1.95. The van der Waals surface area contributed by atoms with E-state index in [4.69, 9.17) is 0 Å². The molecular formula is C23H16. The number of hydrogen-bond donors (Lipinski definition) is 0. The molecule has 0 spiro atoms. The number of benzene rings is 4. The molecule has 0 atom stereocenters. The summed E-state index contributed by atoms with van der Waals surface area (Å²) in [6.07, 6.45) is 7.67. The Morgan fingerprint density at radius 2 is 1.43 bits per heavy atom. The summed E-state index contributed by atoms with van der Waals surface area (Å²) in [5, 5.41) is 7.97. The van der Waals surface area contributed by atoms with Crippen molar-refractivity contribution in [3.8, 4) is 0 Å². The molecule has 0 unspecified atom stereocenters. The van der Waals surface area contributed by atoms with E-state index >= 15 is 0 Å². The van der Waals surface area contributed by atoms with Gasteiger partial charge in [0.25, 0.3) is 0 Å². The van der Waals surface area contributed by atoms with E-state index in [0.29, 0.717) is 0 Å². The highest BCUT2D eigenvalue weighted by molar-refractivity contribution is 6.15. The van der Waals surface area contributed by atoms with Crippen LogP contribution in [0.3, 0.4) is 0 Å². The highest BCUT2D eigenvalue weighted by Gasteiger charge is 2.11. The molecule has 0 fully saturated rings. The molecule has 0 heteroatoms. The van der Waals surface area contributed by atoms with E-state index in [2.05, 4.69) is 85.0 Å². The first-order chi connectivity index (χ1) is 11.4. The zero-order valence-electron chi connectivity index (χ0n) is 12.8. The van der Waals surface area contributed by atoms with E-state index in [1.54, 1.807) is 0 Å². The lowest BCUT2D eigenvalue weighted by Gasteiger charge is -2.12. The van der Waals surface area contributed by atoms with Gasteiger partial charge in [-0.3, -0.25) is 0 Å². The first-order valence-corrected chi connectivity index (χ1v) is 8.10. The lowest BCUT2D eigenvalue weighted by atomic mass is 9.92. The Kier molecular flexibility index (Phi) is 2.65. The molecule has 0 saturated heterocycles. The molecule has 23 heavy (non-hydrogen) atoms. The molecule has 0 saturated carbocycles. The van der Waals surface area contributed by atoms with E-state index in [1.165, 1.54) is 43.5 Å². The minimum absolute atomic E-state index is 1.03. The molecule has 0 N–H and O–H groups in total. The molecule has 0 bridgehead atoms. The van der Waals surface area contributed by atoms with Crippen molar-refractivity contribution in [1.29, 1.82) is 0 Å². The molecular weight excluding hydrogens is 276 g/mol. The van der Waals surface area contributed by atoms with E-state index in [0.717, 1.165) is 6.42 Å². The average molecular weight is 292 g/mol. The SMILES string of the molecule is C1=CCC(c2cccc3ccc4cc5ccccc5cc4c23)=C1. The highest BCUT2D eigenvalue weighted by atomic mass is 14.1. The van der Waals surface area contributed by atoms with Crippen molar-refractivity contribution in [2.75, 3.05) is 0 Å². The summed E-state index contributed by atoms with van der Waals surface area (Å²) in [6.45, 7) is 0. The Hall–Kier alpha value is -2.86. The summed E-state index contributed by atoms with van der Waals surface area (Å²) >= 11 is 0. The molecule has 4 aromatic rings. The third-order valence-corrected chi connectivity index (χ3v) is 4.84. The minimum atomic E-state index is 1.03. The summed E-state index contributed by atoms with van der Waals surface area (Å²) in [5.74, 6) is 0. The first-order valence-electron chi connectivity index (χ1n) is 8.10. The molecule has 0 aliphatic heterocycles. The highest BCUT2D eigenvalue weighted by Crippen LogP contribution is 2.36. The number of fused-ring (bicyclic) bond motifs is 4. The van der Waals surface area contributed by atoms with Gasteiger partial charge in [0.05, 0.1) is 0 Å². The Morgan fingerprint density at radius 1 is 0.652 bits per heavy atom. The van der Waals surface area contributed by atoms with Crippen LogP contribution in [0, 0.1) is 0 Å². The molecule has 0 aromatic heterocycles. The van der Waals surface area contributed by atoms with Crippen molar-refractivity contribution < 1.29 is 0 Å². The Bertz CT molecular complexity index is 1130. The van der Waals surface area contributed by atoms with Crippen LogP contribution >= 0.6 is 0 Å². The molecule has 0 amide bonds. The predicted molar refractivity (Wildman–Crippen MR) is 101 cm³/mol. The zero-order chi connectivity index (χ0) is 15.2. The number of rotatable bonds is 1. The summed E-state index contributed by atoms with van der Waals surface area (Å²) in [7, 11) is 0. The third kappa shape index (κ3) is 1.92. The van der Waals surface area contributed by atoms with Crippen molar-refractivity contribution in [2.24, 2.45) is 0 Å². The largest absolute Gasteiger partial charge is 0.0801 e. The van der Waals surface area contributed by atoms with Crippen LogP contribution < -0.4 is 0 Å². The van der Waals surface area contributed by atoms with Gasteiger partial charge < -0.3 is 0 Å². The zero-order valence-corrected chi connectivity index (χ0v) is 12.8. The van der Waals surface area contributed by atoms with Gasteiger partial charge in [-0.1, -0.05) is 72.8 Å². The lowest BCUT2D eigenvalue weighted by Crippen LogP contribution is -1.87. The van der Waals surface area contributed by atoms with Gasteiger partial charge in [-0.15, -0.1) is 0 Å². The maximum absolute atomic E-state index is 2.35. The maximum atomic E-state index is 2.35. The minimum Gasteiger partial charge on any atom is -0.0801 e. The fourth-order valence-corrected chi connectivity index (χ4v) is 3.72. The van der Waals surface area contributed by atoms with E-state index in [-0.39, 0.29) is 0 Å². The van der Waals surface area contributed by atoms with Crippen LogP contribution in [0.5, 0.6) is 0 Å². The van der Waals surface area contributed by atoms with Crippen LogP contribution in [0.1, 0.15) is 12.0 Å². The fraction of sp³-hybridized carbons (Fsp3) is 0.0435. The van der Waals surface area contributed by atoms with Gasteiger partial charge in [0.2, 0.25) is 0 Å². The summed E-state index contributed by atoms with van der Waals surface area (Å²) in [6, 6.07) is 24.4. The van der Waals surface area contributed by atoms with Crippen LogP contribution in [-0.2, 0) is 0 Å². The molecule has 0 nitrogen and oxygen atoms in total. The topological polar surface area (TPSA) is 0 Å². The second kappa shape index (κ2) is 4.82. The van der Waals surface area contributed by atoms with Crippen LogP contribution in [0.4, 0.5) is 0 Å². The standard InChI is InChI=1S/C23H16/c1-2-7-16(6-1)21-11-5-10-17-12-13-20-14-18-8-3-4-9-19(18)15-22(20)23(17)21/h1-6,8-15H,7H2. The molecule has 0 radical (unpaired) electrons. The van der Waals surface area contributed by atoms with Crippen LogP contribution in [0.15, 0.2) is 85.0 Å².